The second-order valence-electron chi connectivity index (χ2n) is 3.22. The first-order valence-corrected chi connectivity index (χ1v) is 4.70. The number of fused-ring (bicyclic) bond motifs is 1. The molecule has 1 aromatic carbocycles. The maximum Gasteiger partial charge on any atom is 0.0624 e. The van der Waals surface area contributed by atoms with Crippen molar-refractivity contribution >= 4 is 17.3 Å². The molecule has 1 nitrogen and oxygen atoms in total. The Morgan fingerprint density at radius 1 is 1.50 bits per heavy atom. The molecule has 1 heterocycles. The van der Waals surface area contributed by atoms with E-state index in [1.807, 2.05) is 0 Å². The molecule has 0 fully saturated rings. The van der Waals surface area contributed by atoms with Crippen LogP contribution in [0.3, 0.4) is 0 Å². The molecule has 0 aliphatic carbocycles. The standard InChI is InChI=1S/C10H12ClN/c1-7-3-2-4-9-10(7)8(11)5-6-12-9/h2-4,8,12H,5-6H2,1H3. The highest BCUT2D eigenvalue weighted by molar-refractivity contribution is 6.21. The SMILES string of the molecule is Cc1cccc2c1C(Cl)CCN2. The first-order valence-electron chi connectivity index (χ1n) is 4.26. The number of aryl methyl sites for hydroxylation is 1. The molecule has 0 spiro atoms. The molecule has 1 unspecified atom stereocenters. The van der Waals surface area contributed by atoms with E-state index >= 15 is 0 Å². The Labute approximate surface area is 77.7 Å². The fourth-order valence-corrected chi connectivity index (χ4v) is 2.13. The minimum absolute atomic E-state index is 0.197. The molecule has 0 aromatic heterocycles. The fourth-order valence-electron chi connectivity index (χ4n) is 1.73. The van der Waals surface area contributed by atoms with Gasteiger partial charge in [0.15, 0.2) is 0 Å². The van der Waals surface area contributed by atoms with Crippen LogP contribution in [0, 0.1) is 6.92 Å². The zero-order chi connectivity index (χ0) is 8.55. The average Bonchev–Trinajstić information content (AvgIpc) is 2.04. The highest BCUT2D eigenvalue weighted by Gasteiger charge is 2.18. The van der Waals surface area contributed by atoms with Gasteiger partial charge in [-0.1, -0.05) is 12.1 Å². The highest BCUT2D eigenvalue weighted by Crippen LogP contribution is 2.36. The van der Waals surface area contributed by atoms with Crippen LogP contribution < -0.4 is 5.32 Å². The van der Waals surface area contributed by atoms with Gasteiger partial charge in [-0.3, -0.25) is 0 Å². The molecule has 0 bridgehead atoms. The van der Waals surface area contributed by atoms with Gasteiger partial charge < -0.3 is 5.32 Å². The Hall–Kier alpha value is -0.690. The van der Waals surface area contributed by atoms with Crippen LogP contribution in [0.5, 0.6) is 0 Å². The van der Waals surface area contributed by atoms with E-state index in [0.717, 1.165) is 13.0 Å². The van der Waals surface area contributed by atoms with Gasteiger partial charge in [0.25, 0.3) is 0 Å². The van der Waals surface area contributed by atoms with Crippen LogP contribution in [-0.2, 0) is 0 Å². The number of benzene rings is 1. The lowest BCUT2D eigenvalue weighted by Crippen LogP contribution is -2.14. The van der Waals surface area contributed by atoms with Crippen molar-refractivity contribution < 1.29 is 0 Å². The van der Waals surface area contributed by atoms with Crippen LogP contribution in [0.15, 0.2) is 18.2 Å². The molecule has 2 heteroatoms. The third-order valence-electron chi connectivity index (χ3n) is 2.35. The van der Waals surface area contributed by atoms with Crippen molar-refractivity contribution in [2.24, 2.45) is 0 Å². The minimum atomic E-state index is 0.197. The van der Waals surface area contributed by atoms with Crippen LogP contribution in [-0.4, -0.2) is 6.54 Å². The Balaban J connectivity index is 2.53. The predicted molar refractivity (Wildman–Crippen MR) is 52.9 cm³/mol. The normalized spacial score (nSPS) is 21.3. The van der Waals surface area contributed by atoms with Crippen molar-refractivity contribution in [1.82, 2.24) is 0 Å². The molecular formula is C10H12ClN. The molecule has 1 aliphatic rings. The summed E-state index contributed by atoms with van der Waals surface area (Å²) in [5, 5.41) is 3.55. The molecular weight excluding hydrogens is 170 g/mol. The first kappa shape index (κ1) is 7.93. The molecule has 1 aromatic rings. The summed E-state index contributed by atoms with van der Waals surface area (Å²) < 4.78 is 0. The van der Waals surface area contributed by atoms with Gasteiger partial charge in [0.1, 0.15) is 0 Å². The maximum atomic E-state index is 6.21. The lowest BCUT2D eigenvalue weighted by Gasteiger charge is -2.23. The molecule has 0 amide bonds. The van der Waals surface area contributed by atoms with E-state index in [2.05, 4.69) is 30.4 Å². The maximum absolute atomic E-state index is 6.21. The fraction of sp³-hybridized carbons (Fsp3) is 0.400. The Morgan fingerprint density at radius 3 is 3.08 bits per heavy atom. The third kappa shape index (κ3) is 1.18. The number of rotatable bonds is 0. The number of hydrogen-bond acceptors (Lipinski definition) is 1. The van der Waals surface area contributed by atoms with Gasteiger partial charge in [0.05, 0.1) is 5.38 Å². The molecule has 64 valence electrons. The second-order valence-corrected chi connectivity index (χ2v) is 3.75. The van der Waals surface area contributed by atoms with E-state index in [4.69, 9.17) is 11.6 Å². The zero-order valence-electron chi connectivity index (χ0n) is 7.10. The molecule has 0 saturated heterocycles. The summed E-state index contributed by atoms with van der Waals surface area (Å²) in [6, 6.07) is 6.27. The van der Waals surface area contributed by atoms with Gasteiger partial charge in [-0.15, -0.1) is 11.6 Å². The van der Waals surface area contributed by atoms with Gasteiger partial charge in [-0.25, -0.2) is 0 Å². The van der Waals surface area contributed by atoms with Crippen LogP contribution in [0.4, 0.5) is 5.69 Å². The summed E-state index contributed by atoms with van der Waals surface area (Å²) in [5.74, 6) is 0. The Bertz CT molecular complexity index is 296. The molecule has 0 saturated carbocycles. The van der Waals surface area contributed by atoms with E-state index < -0.39 is 0 Å². The van der Waals surface area contributed by atoms with Crippen molar-refractivity contribution in [1.29, 1.82) is 0 Å². The Kier molecular flexibility index (Phi) is 1.97. The summed E-state index contributed by atoms with van der Waals surface area (Å²) in [6.07, 6.45) is 1.03. The van der Waals surface area contributed by atoms with Crippen LogP contribution in [0.1, 0.15) is 22.9 Å². The van der Waals surface area contributed by atoms with Crippen LogP contribution in [0.25, 0.3) is 0 Å². The summed E-state index contributed by atoms with van der Waals surface area (Å²) in [6.45, 7) is 3.10. The monoisotopic (exact) mass is 181 g/mol. The van der Waals surface area contributed by atoms with Crippen molar-refractivity contribution in [2.45, 2.75) is 18.7 Å². The summed E-state index contributed by atoms with van der Waals surface area (Å²) >= 11 is 6.21. The predicted octanol–water partition coefficient (Wildman–Crippen LogP) is 3.09. The van der Waals surface area contributed by atoms with E-state index in [1.54, 1.807) is 0 Å². The van der Waals surface area contributed by atoms with Gasteiger partial charge >= 0.3 is 0 Å². The minimum Gasteiger partial charge on any atom is -0.385 e. The van der Waals surface area contributed by atoms with Gasteiger partial charge in [-0.2, -0.15) is 0 Å². The van der Waals surface area contributed by atoms with Gasteiger partial charge in [-0.05, 0) is 30.5 Å². The van der Waals surface area contributed by atoms with E-state index in [-0.39, 0.29) is 5.38 Å². The second kappa shape index (κ2) is 2.98. The third-order valence-corrected chi connectivity index (χ3v) is 2.79. The largest absolute Gasteiger partial charge is 0.385 e. The van der Waals surface area contributed by atoms with E-state index in [9.17, 15) is 0 Å². The van der Waals surface area contributed by atoms with E-state index in [0.29, 0.717) is 0 Å². The average molecular weight is 182 g/mol. The summed E-state index contributed by atoms with van der Waals surface area (Å²) in [4.78, 5) is 0. The van der Waals surface area contributed by atoms with Crippen molar-refractivity contribution in [3.8, 4) is 0 Å². The lowest BCUT2D eigenvalue weighted by atomic mass is 9.98. The van der Waals surface area contributed by atoms with Crippen molar-refractivity contribution in [3.63, 3.8) is 0 Å². The quantitative estimate of drug-likeness (QED) is 0.607. The number of nitrogens with one attached hydrogen (secondary N) is 1. The number of hydrogen-bond donors (Lipinski definition) is 1. The topological polar surface area (TPSA) is 12.0 Å². The molecule has 1 N–H and O–H groups in total. The van der Waals surface area contributed by atoms with Crippen LogP contribution >= 0.6 is 11.6 Å². The van der Waals surface area contributed by atoms with Crippen molar-refractivity contribution in [3.05, 3.63) is 29.3 Å². The summed E-state index contributed by atoms with van der Waals surface area (Å²) in [5.41, 5.74) is 3.78. The number of alkyl halides is 1. The molecule has 1 atom stereocenters. The summed E-state index contributed by atoms with van der Waals surface area (Å²) in [7, 11) is 0. The lowest BCUT2D eigenvalue weighted by molar-refractivity contribution is 0.796. The molecule has 1 aliphatic heterocycles. The highest BCUT2D eigenvalue weighted by atomic mass is 35.5. The first-order chi connectivity index (χ1) is 5.79. The molecule has 12 heavy (non-hydrogen) atoms. The van der Waals surface area contributed by atoms with E-state index in [1.165, 1.54) is 16.8 Å². The van der Waals surface area contributed by atoms with Gasteiger partial charge in [0, 0.05) is 12.2 Å². The Morgan fingerprint density at radius 2 is 2.33 bits per heavy atom. The van der Waals surface area contributed by atoms with Crippen LogP contribution in [0.2, 0.25) is 0 Å². The molecule has 0 radical (unpaired) electrons. The smallest absolute Gasteiger partial charge is 0.0624 e. The van der Waals surface area contributed by atoms with Crippen molar-refractivity contribution in [2.75, 3.05) is 11.9 Å². The molecule has 2 rings (SSSR count). The number of anilines is 1. The van der Waals surface area contributed by atoms with Gasteiger partial charge in [0.2, 0.25) is 0 Å². The zero-order valence-corrected chi connectivity index (χ0v) is 7.86. The number of halogens is 1.